The van der Waals surface area contributed by atoms with Crippen molar-refractivity contribution in [3.63, 3.8) is 0 Å². The third-order valence-corrected chi connectivity index (χ3v) is 18.9. The van der Waals surface area contributed by atoms with Crippen LogP contribution in [0.1, 0.15) is 109 Å². The van der Waals surface area contributed by atoms with Crippen molar-refractivity contribution >= 4 is 95.1 Å². The quantitative estimate of drug-likeness (QED) is 0.134. The molecule has 14 rings (SSSR count). The summed E-state index contributed by atoms with van der Waals surface area (Å²) in [6.45, 7) is 23.9. The third-order valence-electron chi connectivity index (χ3n) is 17.4. The summed E-state index contributed by atoms with van der Waals surface area (Å²) < 4.78 is 5.26. The van der Waals surface area contributed by atoms with E-state index in [1.54, 1.807) is 0 Å². The van der Waals surface area contributed by atoms with Crippen LogP contribution in [0.2, 0.25) is 0 Å². The second kappa shape index (κ2) is 13.6. The van der Waals surface area contributed by atoms with Crippen LogP contribution in [-0.2, 0) is 21.7 Å². The van der Waals surface area contributed by atoms with E-state index in [4.69, 9.17) is 12.6 Å². The first kappa shape index (κ1) is 41.9. The lowest BCUT2D eigenvalue weighted by molar-refractivity contribution is 0.331. The molecule has 4 heterocycles. The van der Waals surface area contributed by atoms with E-state index in [-0.39, 0.29) is 28.5 Å². The average Bonchev–Trinajstić information content (AvgIpc) is 3.92. The van der Waals surface area contributed by atoms with Gasteiger partial charge in [0.15, 0.2) is 0 Å². The topological polar surface area (TPSA) is 8.17 Å². The highest BCUT2D eigenvalue weighted by Gasteiger charge is 2.48. The minimum absolute atomic E-state index is 0.0294. The average molecular weight is 929 g/mol. The summed E-state index contributed by atoms with van der Waals surface area (Å²) >= 11 is 7.21. The Bertz CT molecular complexity index is 3950. The van der Waals surface area contributed by atoms with Gasteiger partial charge in [-0.2, -0.15) is 0 Å². The summed E-state index contributed by atoms with van der Waals surface area (Å²) in [4.78, 5) is 3.73. The molecule has 0 atom stereocenters. The van der Waals surface area contributed by atoms with Crippen LogP contribution in [0.3, 0.4) is 0 Å². The first-order chi connectivity index (χ1) is 32.9. The first-order valence-electron chi connectivity index (χ1n) is 25.0. The molecular formula is C64H57BN2S2. The molecule has 5 heteroatoms. The number of aromatic nitrogens is 1. The van der Waals surface area contributed by atoms with Crippen LogP contribution in [-0.4, -0.2) is 11.4 Å². The van der Waals surface area contributed by atoms with Gasteiger partial charge in [-0.1, -0.05) is 141 Å². The standard InChI is InChI=1S/C64H57BN2S2/c1-35-15-11-12-16-38(35)46-27-44-41-24-23-40-45-29-48-43(42-28-50-51(32-49(42)64(48,9)10)63(7,8)26-25-62(50,5)6)31-54(45)67(37-21-19-36(20-22-37)61(2,3)4)65-52-30-47-39-17-13-14-18-57(39)69-58(47)34-55(52)66(60(41)59(40)65)53(44)33-56(46)68/h11-24,27-34,68H,25-26H2,1-10H3. The van der Waals surface area contributed by atoms with Crippen molar-refractivity contribution in [3.05, 3.63) is 167 Å². The molecule has 2 aromatic heterocycles. The fourth-order valence-electron chi connectivity index (χ4n) is 13.4. The predicted molar refractivity (Wildman–Crippen MR) is 302 cm³/mol. The zero-order valence-electron chi connectivity index (χ0n) is 41.4. The fraction of sp³-hybridized carbons (Fsp3) is 0.250. The lowest BCUT2D eigenvalue weighted by atomic mass is 9.44. The van der Waals surface area contributed by atoms with E-state index in [1.165, 1.54) is 150 Å². The van der Waals surface area contributed by atoms with E-state index in [0.717, 1.165) is 4.90 Å². The second-order valence-electron chi connectivity index (χ2n) is 23.8. The zero-order valence-corrected chi connectivity index (χ0v) is 43.2. The van der Waals surface area contributed by atoms with Gasteiger partial charge < -0.3 is 9.38 Å². The Kier molecular flexibility index (Phi) is 8.29. The van der Waals surface area contributed by atoms with Crippen molar-refractivity contribution in [1.29, 1.82) is 0 Å². The number of thiophene rings is 1. The molecule has 2 aliphatic carbocycles. The maximum atomic E-state index is 5.30. The number of benzene rings is 8. The van der Waals surface area contributed by atoms with E-state index in [0.29, 0.717) is 0 Å². The number of anilines is 2. The van der Waals surface area contributed by atoms with Crippen molar-refractivity contribution < 1.29 is 0 Å². The van der Waals surface area contributed by atoms with Gasteiger partial charge in [-0.25, -0.2) is 0 Å². The summed E-state index contributed by atoms with van der Waals surface area (Å²) in [7, 11) is 0. The largest absolute Gasteiger partial charge is 0.376 e. The molecule has 338 valence electrons. The molecule has 2 aliphatic heterocycles. The highest BCUT2D eigenvalue weighted by molar-refractivity contribution is 7.80. The summed E-state index contributed by atoms with van der Waals surface area (Å²) in [6, 6.07) is 52.6. The Labute approximate surface area is 416 Å². The third kappa shape index (κ3) is 5.58. The summed E-state index contributed by atoms with van der Waals surface area (Å²) in [5.74, 6) is 0. The van der Waals surface area contributed by atoms with Crippen LogP contribution in [0.4, 0.5) is 11.4 Å². The second-order valence-corrected chi connectivity index (χ2v) is 25.4. The van der Waals surface area contributed by atoms with Crippen molar-refractivity contribution in [2.75, 3.05) is 4.81 Å². The van der Waals surface area contributed by atoms with Gasteiger partial charge in [0.05, 0.1) is 11.0 Å². The van der Waals surface area contributed by atoms with Crippen LogP contribution in [0.15, 0.2) is 138 Å². The molecule has 10 aromatic rings. The Balaban J connectivity index is 1.12. The monoisotopic (exact) mass is 928 g/mol. The summed E-state index contributed by atoms with van der Waals surface area (Å²) in [5.41, 5.74) is 25.4. The molecule has 0 radical (unpaired) electrons. The van der Waals surface area contributed by atoms with Gasteiger partial charge in [0.1, 0.15) is 0 Å². The van der Waals surface area contributed by atoms with E-state index in [9.17, 15) is 0 Å². The number of rotatable bonds is 2. The number of thiol groups is 1. The molecular weight excluding hydrogens is 872 g/mol. The molecule has 4 aliphatic rings. The summed E-state index contributed by atoms with van der Waals surface area (Å²) in [6.07, 6.45) is 2.40. The number of aryl methyl sites for hydroxylation is 1. The molecule has 0 unspecified atom stereocenters. The van der Waals surface area contributed by atoms with Crippen molar-refractivity contribution in [3.8, 4) is 39.1 Å². The van der Waals surface area contributed by atoms with Crippen molar-refractivity contribution in [2.45, 2.75) is 109 Å². The number of nitrogens with zero attached hydrogens (tertiary/aromatic N) is 2. The number of hydrogen-bond donors (Lipinski definition) is 1. The Morgan fingerprint density at radius 3 is 1.99 bits per heavy atom. The smallest absolute Gasteiger partial charge is 0.333 e. The Hall–Kier alpha value is -6.01. The van der Waals surface area contributed by atoms with Gasteiger partial charge in [-0.15, -0.1) is 24.0 Å². The van der Waals surface area contributed by atoms with Gasteiger partial charge >= 0.3 is 6.85 Å². The minimum atomic E-state index is -0.175. The molecule has 0 saturated carbocycles. The predicted octanol–water partition coefficient (Wildman–Crippen LogP) is 16.6. The normalized spacial score (nSPS) is 16.8. The van der Waals surface area contributed by atoms with Crippen LogP contribution in [0.25, 0.3) is 81.0 Å². The van der Waals surface area contributed by atoms with Crippen LogP contribution in [0, 0.1) is 6.92 Å². The molecule has 0 fully saturated rings. The highest BCUT2D eigenvalue weighted by Crippen LogP contribution is 2.58. The van der Waals surface area contributed by atoms with Crippen LogP contribution < -0.4 is 15.7 Å². The molecule has 0 amide bonds. The molecule has 2 nitrogen and oxygen atoms in total. The first-order valence-corrected chi connectivity index (χ1v) is 26.3. The maximum Gasteiger partial charge on any atom is 0.333 e. The van der Waals surface area contributed by atoms with Crippen molar-refractivity contribution in [2.24, 2.45) is 0 Å². The molecule has 0 spiro atoms. The zero-order chi connectivity index (χ0) is 47.4. The maximum absolute atomic E-state index is 5.30. The molecule has 0 N–H and O–H groups in total. The molecule has 0 saturated heterocycles. The Morgan fingerprint density at radius 1 is 0.551 bits per heavy atom. The van der Waals surface area contributed by atoms with Crippen LogP contribution >= 0.6 is 24.0 Å². The van der Waals surface area contributed by atoms with Gasteiger partial charge in [-0.05, 0) is 163 Å². The van der Waals surface area contributed by atoms with E-state index < -0.39 is 0 Å². The van der Waals surface area contributed by atoms with Gasteiger partial charge in [0.25, 0.3) is 0 Å². The molecule has 69 heavy (non-hydrogen) atoms. The summed E-state index contributed by atoms with van der Waals surface area (Å²) in [5, 5.41) is 5.20. The lowest BCUT2D eigenvalue weighted by Gasteiger charge is -2.42. The molecule has 8 aromatic carbocycles. The molecule has 0 bridgehead atoms. The van der Waals surface area contributed by atoms with E-state index >= 15 is 0 Å². The highest BCUT2D eigenvalue weighted by atomic mass is 32.1. The minimum Gasteiger partial charge on any atom is -0.376 e. The van der Waals surface area contributed by atoms with Crippen LogP contribution in [0.5, 0.6) is 0 Å². The SMILES string of the molecule is Cc1ccccc1-c1cc2c3ccc4c5c3n(c2cc1S)-c1cc2sc3ccccc3c2cc1B5N(c1ccc(C(C)(C)C)cc1)c1cc2c(cc1-4)C(C)(C)c1cc3c(cc1-2)C(C)(C)CCC3(C)C. The number of hydrogen-bond acceptors (Lipinski definition) is 3. The van der Waals surface area contributed by atoms with Gasteiger partial charge in [0.2, 0.25) is 0 Å². The Morgan fingerprint density at radius 2 is 1.23 bits per heavy atom. The van der Waals surface area contributed by atoms with Gasteiger partial charge in [0, 0.05) is 63.9 Å². The van der Waals surface area contributed by atoms with Crippen molar-refractivity contribution in [1.82, 2.24) is 4.57 Å². The van der Waals surface area contributed by atoms with Gasteiger partial charge in [-0.3, -0.25) is 0 Å². The van der Waals surface area contributed by atoms with E-state index in [1.807, 2.05) is 11.3 Å². The number of fused-ring (bicyclic) bond motifs is 15. The van der Waals surface area contributed by atoms with E-state index in [2.05, 4.69) is 212 Å². The fourth-order valence-corrected chi connectivity index (χ4v) is 14.9. The lowest BCUT2D eigenvalue weighted by Crippen LogP contribution is -2.60.